The molecule has 0 unspecified atom stereocenters. The molecule has 1 aliphatic heterocycles. The molecule has 0 atom stereocenters. The van der Waals surface area contributed by atoms with E-state index in [1.165, 1.54) is 16.3 Å². The van der Waals surface area contributed by atoms with Crippen molar-refractivity contribution in [2.75, 3.05) is 26.2 Å². The lowest BCUT2D eigenvalue weighted by Crippen LogP contribution is -2.50. The number of piperazine rings is 1. The number of aromatic nitrogens is 2. The van der Waals surface area contributed by atoms with Gasteiger partial charge < -0.3 is 4.90 Å². The van der Waals surface area contributed by atoms with Crippen LogP contribution in [0.2, 0.25) is 0 Å². The van der Waals surface area contributed by atoms with Gasteiger partial charge in [-0.2, -0.15) is 9.40 Å². The Morgan fingerprint density at radius 3 is 2.28 bits per heavy atom. The first-order valence-corrected chi connectivity index (χ1v) is 11.6. The summed E-state index contributed by atoms with van der Waals surface area (Å²) in [4.78, 5) is 15.1. The molecule has 0 N–H and O–H groups in total. The quantitative estimate of drug-likeness (QED) is 0.768. The molecule has 0 spiro atoms. The van der Waals surface area contributed by atoms with Gasteiger partial charge in [-0.1, -0.05) is 6.07 Å². The fourth-order valence-corrected chi connectivity index (χ4v) is 5.87. The van der Waals surface area contributed by atoms with E-state index in [9.17, 15) is 13.2 Å². The summed E-state index contributed by atoms with van der Waals surface area (Å²) in [6, 6.07) is 5.55. The summed E-state index contributed by atoms with van der Waals surface area (Å²) >= 11 is 0. The lowest BCUT2D eigenvalue weighted by Gasteiger charge is -2.34. The monoisotopic (exact) mass is 416 g/mol. The summed E-state index contributed by atoms with van der Waals surface area (Å²) in [5, 5.41) is 4.32. The SMILES string of the molecule is Cc1nn(C)c(C)c1C(=O)N1CCN(S(=O)(=O)c2ccc3c(c2)CCCC3)CC1. The van der Waals surface area contributed by atoms with Crippen molar-refractivity contribution in [1.29, 1.82) is 0 Å². The van der Waals surface area contributed by atoms with E-state index in [1.807, 2.05) is 33.0 Å². The summed E-state index contributed by atoms with van der Waals surface area (Å²) in [5.41, 5.74) is 4.59. The van der Waals surface area contributed by atoms with Crippen molar-refractivity contribution in [3.63, 3.8) is 0 Å². The molecule has 29 heavy (non-hydrogen) atoms. The van der Waals surface area contributed by atoms with Crippen LogP contribution >= 0.6 is 0 Å². The second-order valence-corrected chi connectivity index (χ2v) is 9.94. The molecule has 1 saturated heterocycles. The zero-order chi connectivity index (χ0) is 20.8. The van der Waals surface area contributed by atoms with Crippen molar-refractivity contribution < 1.29 is 13.2 Å². The van der Waals surface area contributed by atoms with E-state index in [-0.39, 0.29) is 5.91 Å². The van der Waals surface area contributed by atoms with Gasteiger partial charge in [0, 0.05) is 38.9 Å². The topological polar surface area (TPSA) is 75.5 Å². The van der Waals surface area contributed by atoms with Crippen molar-refractivity contribution in [1.82, 2.24) is 19.0 Å². The van der Waals surface area contributed by atoms with Crippen LogP contribution < -0.4 is 0 Å². The van der Waals surface area contributed by atoms with Gasteiger partial charge in [0.15, 0.2) is 0 Å². The van der Waals surface area contributed by atoms with Crippen molar-refractivity contribution in [3.8, 4) is 0 Å². The molecule has 7 nitrogen and oxygen atoms in total. The zero-order valence-corrected chi connectivity index (χ0v) is 18.1. The Bertz CT molecular complexity index is 1050. The predicted molar refractivity (Wildman–Crippen MR) is 110 cm³/mol. The molecule has 0 radical (unpaired) electrons. The Kier molecular flexibility index (Phi) is 5.25. The van der Waals surface area contributed by atoms with Crippen LogP contribution in [0.25, 0.3) is 0 Å². The number of rotatable bonds is 3. The molecule has 2 heterocycles. The molecule has 2 aliphatic rings. The second-order valence-electron chi connectivity index (χ2n) is 8.00. The third-order valence-electron chi connectivity index (χ3n) is 6.21. The summed E-state index contributed by atoms with van der Waals surface area (Å²) in [7, 11) is -1.72. The number of carbonyl (C=O) groups is 1. The minimum absolute atomic E-state index is 0.0704. The molecule has 1 fully saturated rings. The molecule has 0 saturated carbocycles. The maximum atomic E-state index is 13.1. The van der Waals surface area contributed by atoms with Gasteiger partial charge in [-0.25, -0.2) is 8.42 Å². The number of hydrogen-bond donors (Lipinski definition) is 0. The van der Waals surface area contributed by atoms with Crippen molar-refractivity contribution in [2.45, 2.75) is 44.4 Å². The smallest absolute Gasteiger partial charge is 0.257 e. The number of nitrogens with zero attached hydrogens (tertiary/aromatic N) is 4. The van der Waals surface area contributed by atoms with Gasteiger partial charge in [0.1, 0.15) is 0 Å². The minimum atomic E-state index is -3.54. The maximum absolute atomic E-state index is 13.1. The highest BCUT2D eigenvalue weighted by molar-refractivity contribution is 7.89. The molecule has 4 rings (SSSR count). The molecular weight excluding hydrogens is 388 g/mol. The van der Waals surface area contributed by atoms with E-state index >= 15 is 0 Å². The summed E-state index contributed by atoms with van der Waals surface area (Å²) in [5.74, 6) is -0.0704. The van der Waals surface area contributed by atoms with E-state index in [0.717, 1.165) is 30.5 Å². The number of benzene rings is 1. The van der Waals surface area contributed by atoms with Gasteiger partial charge in [0.2, 0.25) is 10.0 Å². The van der Waals surface area contributed by atoms with Gasteiger partial charge in [-0.3, -0.25) is 9.48 Å². The Morgan fingerprint density at radius 2 is 1.66 bits per heavy atom. The number of hydrogen-bond acceptors (Lipinski definition) is 4. The van der Waals surface area contributed by atoms with E-state index in [1.54, 1.807) is 15.6 Å². The Morgan fingerprint density at radius 1 is 1.00 bits per heavy atom. The van der Waals surface area contributed by atoms with E-state index in [2.05, 4.69) is 5.10 Å². The summed E-state index contributed by atoms with van der Waals surface area (Å²) in [6.45, 7) is 5.10. The van der Waals surface area contributed by atoms with Crippen LogP contribution in [0.1, 0.15) is 45.7 Å². The number of aryl methyl sites for hydroxylation is 4. The van der Waals surface area contributed by atoms with Crippen LogP contribution in [-0.2, 0) is 29.9 Å². The van der Waals surface area contributed by atoms with Crippen LogP contribution in [0.4, 0.5) is 0 Å². The van der Waals surface area contributed by atoms with Gasteiger partial charge >= 0.3 is 0 Å². The van der Waals surface area contributed by atoms with Crippen molar-refractivity contribution in [2.24, 2.45) is 7.05 Å². The average Bonchev–Trinajstić information content (AvgIpc) is 2.98. The lowest BCUT2D eigenvalue weighted by atomic mass is 9.92. The molecule has 1 amide bonds. The second kappa shape index (κ2) is 7.57. The van der Waals surface area contributed by atoms with Gasteiger partial charge in [0.05, 0.1) is 16.2 Å². The Hall–Kier alpha value is -2.19. The Labute approximate surface area is 172 Å². The average molecular weight is 417 g/mol. The van der Waals surface area contributed by atoms with E-state index < -0.39 is 10.0 Å². The normalized spacial score (nSPS) is 18.0. The van der Waals surface area contributed by atoms with E-state index in [0.29, 0.717) is 42.3 Å². The fraction of sp³-hybridized carbons (Fsp3) is 0.524. The highest BCUT2D eigenvalue weighted by Crippen LogP contribution is 2.26. The van der Waals surface area contributed by atoms with Gasteiger partial charge in [-0.15, -0.1) is 0 Å². The van der Waals surface area contributed by atoms with Crippen molar-refractivity contribution in [3.05, 3.63) is 46.3 Å². The van der Waals surface area contributed by atoms with Gasteiger partial charge in [0.25, 0.3) is 5.91 Å². The lowest BCUT2D eigenvalue weighted by molar-refractivity contribution is 0.0696. The third kappa shape index (κ3) is 3.59. The molecule has 8 heteroatoms. The summed E-state index contributed by atoms with van der Waals surface area (Å²) in [6.07, 6.45) is 4.27. The number of fused-ring (bicyclic) bond motifs is 1. The largest absolute Gasteiger partial charge is 0.336 e. The van der Waals surface area contributed by atoms with E-state index in [4.69, 9.17) is 0 Å². The van der Waals surface area contributed by atoms with Crippen LogP contribution in [0.15, 0.2) is 23.1 Å². The zero-order valence-electron chi connectivity index (χ0n) is 17.3. The fourth-order valence-electron chi connectivity index (χ4n) is 4.39. The maximum Gasteiger partial charge on any atom is 0.257 e. The first-order valence-electron chi connectivity index (χ1n) is 10.2. The molecule has 1 aromatic carbocycles. The van der Waals surface area contributed by atoms with Crippen LogP contribution in [0.3, 0.4) is 0 Å². The highest BCUT2D eigenvalue weighted by atomic mass is 32.2. The molecule has 1 aromatic heterocycles. The number of sulfonamides is 1. The minimum Gasteiger partial charge on any atom is -0.336 e. The predicted octanol–water partition coefficient (Wildman–Crippen LogP) is 2.06. The highest BCUT2D eigenvalue weighted by Gasteiger charge is 2.32. The van der Waals surface area contributed by atoms with Crippen LogP contribution in [0, 0.1) is 13.8 Å². The molecule has 2 aromatic rings. The van der Waals surface area contributed by atoms with Crippen LogP contribution in [0.5, 0.6) is 0 Å². The summed E-state index contributed by atoms with van der Waals surface area (Å²) < 4.78 is 29.5. The first-order chi connectivity index (χ1) is 13.8. The first kappa shape index (κ1) is 20.1. The molecule has 156 valence electrons. The van der Waals surface area contributed by atoms with Crippen LogP contribution in [-0.4, -0.2) is 59.5 Å². The molecular formula is C21H28N4O3S. The number of carbonyl (C=O) groups excluding carboxylic acids is 1. The Balaban J connectivity index is 1.48. The van der Waals surface area contributed by atoms with Crippen molar-refractivity contribution >= 4 is 15.9 Å². The van der Waals surface area contributed by atoms with Gasteiger partial charge in [-0.05, 0) is 62.8 Å². The molecule has 0 bridgehead atoms. The number of amides is 1. The molecule has 1 aliphatic carbocycles. The standard InChI is InChI=1S/C21H28N4O3S/c1-15-20(16(2)23(3)22-15)21(26)24-10-12-25(13-11-24)29(27,28)19-9-8-17-6-4-5-7-18(17)14-19/h8-9,14H,4-7,10-13H2,1-3H3. The third-order valence-corrected chi connectivity index (χ3v) is 8.10.